The Hall–Kier alpha value is -3.23. The number of alkyl halides is 3. The Morgan fingerprint density at radius 2 is 1.21 bits per heavy atom. The van der Waals surface area contributed by atoms with Crippen molar-refractivity contribution >= 4 is 5.83 Å². The van der Waals surface area contributed by atoms with Crippen molar-refractivity contribution in [2.75, 3.05) is 0 Å². The second-order valence-corrected chi connectivity index (χ2v) is 7.28. The predicted octanol–water partition coefficient (Wildman–Crippen LogP) is 8.34. The molecule has 0 unspecified atom stereocenters. The Kier molecular flexibility index (Phi) is 6.90. The van der Waals surface area contributed by atoms with Crippen molar-refractivity contribution in [1.82, 2.24) is 0 Å². The smallest absolute Gasteiger partial charge is 0.209 e. The lowest BCUT2D eigenvalue weighted by atomic mass is 9.97. The molecule has 0 spiro atoms. The minimum absolute atomic E-state index is 0.0488. The van der Waals surface area contributed by atoms with Crippen LogP contribution in [0.15, 0.2) is 54.4 Å². The fourth-order valence-corrected chi connectivity index (χ4v) is 3.33. The van der Waals surface area contributed by atoms with Crippen LogP contribution in [0.2, 0.25) is 0 Å². The van der Waals surface area contributed by atoms with E-state index in [4.69, 9.17) is 0 Å². The van der Waals surface area contributed by atoms with Gasteiger partial charge in [-0.15, -0.1) is 0 Å². The fraction of sp³-hybridized carbons (Fsp3) is 0.167. The molecule has 0 atom stereocenters. The van der Waals surface area contributed by atoms with Gasteiger partial charge in [0.2, 0.25) is 0 Å². The summed E-state index contributed by atoms with van der Waals surface area (Å²) >= 11 is 0. The van der Waals surface area contributed by atoms with E-state index in [1.807, 2.05) is 0 Å². The zero-order valence-electron chi connectivity index (χ0n) is 16.9. The highest BCUT2D eigenvalue weighted by molar-refractivity contribution is 5.68. The maximum absolute atomic E-state index is 14.5. The molecule has 0 aromatic heterocycles. The Balaban J connectivity index is 1.82. The lowest BCUT2D eigenvalue weighted by Crippen LogP contribution is -2.12. The van der Waals surface area contributed by atoms with Crippen LogP contribution in [0, 0.1) is 23.3 Å². The summed E-state index contributed by atoms with van der Waals surface area (Å²) in [5.41, 5.74) is -2.27. The molecule has 0 aliphatic carbocycles. The first kappa shape index (κ1) is 24.4. The Morgan fingerprint density at radius 3 is 1.67 bits per heavy atom. The quantitative estimate of drug-likeness (QED) is 0.326. The third kappa shape index (κ3) is 5.40. The van der Waals surface area contributed by atoms with Gasteiger partial charge in [0.05, 0.1) is 0 Å². The third-order valence-corrected chi connectivity index (χ3v) is 4.96. The maximum atomic E-state index is 14.5. The van der Waals surface area contributed by atoms with Crippen LogP contribution in [0.25, 0.3) is 17.0 Å². The minimum Gasteiger partial charge on any atom is -0.209 e. The fourth-order valence-electron chi connectivity index (χ4n) is 3.33. The molecule has 3 aromatic carbocycles. The Labute approximate surface area is 183 Å². The largest absolute Gasteiger partial charge is 0.422 e. The molecule has 0 nitrogen and oxygen atoms in total. The summed E-state index contributed by atoms with van der Waals surface area (Å²) in [4.78, 5) is 0. The van der Waals surface area contributed by atoms with Crippen LogP contribution in [0.1, 0.15) is 29.2 Å². The summed E-state index contributed by atoms with van der Waals surface area (Å²) in [5, 5.41) is 0. The highest BCUT2D eigenvalue weighted by atomic mass is 19.4. The summed E-state index contributed by atoms with van der Waals surface area (Å²) < 4.78 is 121. The van der Waals surface area contributed by atoms with Crippen molar-refractivity contribution < 1.29 is 39.5 Å². The monoisotopic (exact) mass is 474 g/mol. The Bertz CT molecular complexity index is 1160. The van der Waals surface area contributed by atoms with Crippen LogP contribution < -0.4 is 0 Å². The molecule has 0 amide bonds. The molecular weight excluding hydrogens is 459 g/mol. The minimum atomic E-state index is -5.22. The van der Waals surface area contributed by atoms with Crippen LogP contribution in [0.4, 0.5) is 39.5 Å². The van der Waals surface area contributed by atoms with E-state index in [1.54, 1.807) is 0 Å². The highest BCUT2D eigenvalue weighted by Gasteiger charge is 2.37. The van der Waals surface area contributed by atoms with Crippen LogP contribution >= 0.6 is 0 Å². The third-order valence-electron chi connectivity index (χ3n) is 4.96. The van der Waals surface area contributed by atoms with E-state index in [2.05, 4.69) is 0 Å². The zero-order chi connectivity index (χ0) is 24.5. The number of halogens is 9. The lowest BCUT2D eigenvalue weighted by molar-refractivity contribution is -0.142. The highest BCUT2D eigenvalue weighted by Crippen LogP contribution is 2.34. The summed E-state index contributed by atoms with van der Waals surface area (Å²) in [7, 11) is 0. The molecule has 0 aliphatic rings. The van der Waals surface area contributed by atoms with E-state index in [-0.39, 0.29) is 29.5 Å². The predicted molar refractivity (Wildman–Crippen MR) is 105 cm³/mol. The van der Waals surface area contributed by atoms with Crippen molar-refractivity contribution in [3.05, 3.63) is 99.9 Å². The number of hydrogen-bond donors (Lipinski definition) is 0. The van der Waals surface area contributed by atoms with E-state index in [0.29, 0.717) is 17.7 Å². The lowest BCUT2D eigenvalue weighted by Gasteiger charge is -2.12. The van der Waals surface area contributed by atoms with Gasteiger partial charge in [-0.25, -0.2) is 26.3 Å². The molecular formula is C24H15F9. The van der Waals surface area contributed by atoms with E-state index in [9.17, 15) is 39.5 Å². The summed E-state index contributed by atoms with van der Waals surface area (Å²) in [5.74, 6) is -7.67. The zero-order valence-corrected chi connectivity index (χ0v) is 16.9. The van der Waals surface area contributed by atoms with E-state index >= 15 is 0 Å². The van der Waals surface area contributed by atoms with Crippen LogP contribution in [-0.4, -0.2) is 0 Å². The number of rotatable bonds is 5. The van der Waals surface area contributed by atoms with Crippen LogP contribution in [0.3, 0.4) is 0 Å². The van der Waals surface area contributed by atoms with Crippen molar-refractivity contribution in [1.29, 1.82) is 0 Å². The van der Waals surface area contributed by atoms with Gasteiger partial charge in [0.25, 0.3) is 0 Å². The number of aryl methyl sites for hydroxylation is 1. The molecule has 3 aromatic rings. The van der Waals surface area contributed by atoms with Gasteiger partial charge in [-0.05, 0) is 60.7 Å². The normalized spacial score (nSPS) is 12.7. The molecule has 0 N–H and O–H groups in total. The van der Waals surface area contributed by atoms with E-state index < -0.39 is 52.2 Å². The van der Waals surface area contributed by atoms with E-state index in [0.717, 1.165) is 19.1 Å². The van der Waals surface area contributed by atoms with Gasteiger partial charge in [0.15, 0.2) is 5.83 Å². The van der Waals surface area contributed by atoms with Crippen molar-refractivity contribution in [2.24, 2.45) is 0 Å². The first-order valence-electron chi connectivity index (χ1n) is 9.54. The first-order valence-corrected chi connectivity index (χ1v) is 9.54. The molecule has 0 fully saturated rings. The molecule has 33 heavy (non-hydrogen) atoms. The molecule has 0 saturated carbocycles. The van der Waals surface area contributed by atoms with Gasteiger partial charge < -0.3 is 0 Å². The number of allylic oxidation sites excluding steroid dienone is 1. The van der Waals surface area contributed by atoms with Gasteiger partial charge >= 0.3 is 6.18 Å². The molecule has 9 heteroatoms. The second-order valence-electron chi connectivity index (χ2n) is 7.28. The molecule has 0 bridgehead atoms. The first-order chi connectivity index (χ1) is 15.4. The average molecular weight is 474 g/mol. The average Bonchev–Trinajstić information content (AvgIpc) is 2.71. The molecule has 0 saturated heterocycles. The molecule has 0 heterocycles. The van der Waals surface area contributed by atoms with Gasteiger partial charge in [-0.2, -0.15) is 13.2 Å². The SMILES string of the molecule is CC(F)=C(F)c1ccc(-c2cc(F)c(CCc3cc(F)c(C(F)(F)F)c(F)c3)c(F)c2)cc1. The molecule has 3 rings (SSSR count). The summed E-state index contributed by atoms with van der Waals surface area (Å²) in [6.45, 7) is 0.945. The second kappa shape index (κ2) is 9.33. The number of hydrogen-bond acceptors (Lipinski definition) is 0. The van der Waals surface area contributed by atoms with E-state index in [1.165, 1.54) is 24.3 Å². The standard InChI is InChI=1S/C24H15F9/c1-12(25)23(30)15-5-3-14(4-6-15)16-10-18(26)17(19(27)11-16)7-2-13-8-20(28)22(21(29)9-13)24(31,32)33/h3-6,8-11H,2,7H2,1H3. The summed E-state index contributed by atoms with van der Waals surface area (Å²) in [6.07, 6.45) is -5.90. The van der Waals surface area contributed by atoms with Crippen molar-refractivity contribution in [3.63, 3.8) is 0 Å². The number of benzene rings is 3. The molecule has 0 radical (unpaired) electrons. The van der Waals surface area contributed by atoms with Gasteiger partial charge in [0, 0.05) is 11.1 Å². The van der Waals surface area contributed by atoms with Crippen molar-refractivity contribution in [2.45, 2.75) is 25.9 Å². The molecule has 0 aliphatic heterocycles. The van der Waals surface area contributed by atoms with Gasteiger partial charge in [-0.3, -0.25) is 0 Å². The van der Waals surface area contributed by atoms with Gasteiger partial charge in [-0.1, -0.05) is 24.3 Å². The molecule has 174 valence electrons. The Morgan fingerprint density at radius 1 is 0.697 bits per heavy atom. The van der Waals surface area contributed by atoms with Crippen LogP contribution in [0.5, 0.6) is 0 Å². The maximum Gasteiger partial charge on any atom is 0.422 e. The van der Waals surface area contributed by atoms with Crippen molar-refractivity contribution in [3.8, 4) is 11.1 Å². The van der Waals surface area contributed by atoms with Gasteiger partial charge in [0.1, 0.15) is 34.7 Å². The van der Waals surface area contributed by atoms with Crippen LogP contribution in [-0.2, 0) is 19.0 Å². The summed E-state index contributed by atoms with van der Waals surface area (Å²) in [6, 6.07) is 8.12. The topological polar surface area (TPSA) is 0 Å².